The van der Waals surface area contributed by atoms with Crippen LogP contribution in [0.15, 0.2) is 28.9 Å². The van der Waals surface area contributed by atoms with Gasteiger partial charge in [-0.1, -0.05) is 0 Å². The van der Waals surface area contributed by atoms with Crippen LogP contribution in [0.1, 0.15) is 39.6 Å². The van der Waals surface area contributed by atoms with E-state index >= 15 is 0 Å². The zero-order valence-electron chi connectivity index (χ0n) is 16.8. The van der Waals surface area contributed by atoms with E-state index in [9.17, 15) is 14.0 Å². The highest BCUT2D eigenvalue weighted by Gasteiger charge is 2.32. The number of halogens is 2. The summed E-state index contributed by atoms with van der Waals surface area (Å²) < 4.78 is 21.2. The molecule has 2 amide bonds. The molecule has 3 rings (SSSR count). The van der Waals surface area contributed by atoms with Gasteiger partial charge in [0.15, 0.2) is 0 Å². The molecule has 29 heavy (non-hydrogen) atoms. The van der Waals surface area contributed by atoms with Gasteiger partial charge in [0.1, 0.15) is 34.1 Å². The average Bonchev–Trinajstić information content (AvgIpc) is 2.97. The fourth-order valence-electron chi connectivity index (χ4n) is 3.22. The van der Waals surface area contributed by atoms with Crippen molar-refractivity contribution in [1.29, 1.82) is 0 Å². The Balaban J connectivity index is 1.73. The Hall–Kier alpha value is -2.42. The number of benzene rings is 1. The summed E-state index contributed by atoms with van der Waals surface area (Å²) in [4.78, 5) is 30.8. The number of rotatable bonds is 3. The summed E-state index contributed by atoms with van der Waals surface area (Å²) in [5.74, 6) is 0.210. The molecule has 156 valence electrons. The number of hydrogen-bond donors (Lipinski definition) is 1. The number of amides is 2. The molecule has 0 aliphatic carbocycles. The zero-order valence-corrected chi connectivity index (χ0v) is 18.4. The minimum atomic E-state index is -0.627. The van der Waals surface area contributed by atoms with Gasteiger partial charge in [-0.25, -0.2) is 14.2 Å². The molecular formula is C20H24BrFN4O3. The fraction of sp³-hybridized carbons (Fsp3) is 0.450. The summed E-state index contributed by atoms with van der Waals surface area (Å²) in [6, 6.07) is 5.85. The maximum Gasteiger partial charge on any atom is 0.408 e. The van der Waals surface area contributed by atoms with Crippen molar-refractivity contribution in [3.63, 3.8) is 0 Å². The summed E-state index contributed by atoms with van der Waals surface area (Å²) in [6.07, 6.45) is -0.627. The summed E-state index contributed by atoms with van der Waals surface area (Å²) in [6.45, 7) is 8.08. The Morgan fingerprint density at radius 3 is 2.55 bits per heavy atom. The van der Waals surface area contributed by atoms with Crippen LogP contribution in [-0.4, -0.2) is 45.1 Å². The number of aromatic nitrogens is 2. The van der Waals surface area contributed by atoms with Crippen LogP contribution in [0.25, 0.3) is 11.3 Å². The van der Waals surface area contributed by atoms with Crippen molar-refractivity contribution < 1.29 is 18.7 Å². The summed E-state index contributed by atoms with van der Waals surface area (Å²) >= 11 is 3.58. The maximum atomic E-state index is 13.2. The van der Waals surface area contributed by atoms with Gasteiger partial charge in [-0.05, 0) is 67.9 Å². The monoisotopic (exact) mass is 466 g/mol. The predicted molar refractivity (Wildman–Crippen MR) is 110 cm³/mol. The molecule has 1 aromatic carbocycles. The van der Waals surface area contributed by atoms with Gasteiger partial charge in [-0.15, -0.1) is 0 Å². The fourth-order valence-corrected chi connectivity index (χ4v) is 3.89. The SMILES string of the molecule is C[C@@H]1c2nc(-c3ccc(F)cc3)c(Br)n2CCN1C(=O)CNC(=O)OC(C)(C)C. The first-order valence-corrected chi connectivity index (χ1v) is 10.1. The van der Waals surface area contributed by atoms with E-state index in [0.29, 0.717) is 18.8 Å². The van der Waals surface area contributed by atoms with Crippen molar-refractivity contribution in [2.24, 2.45) is 0 Å². The van der Waals surface area contributed by atoms with Crippen molar-refractivity contribution in [3.05, 3.63) is 40.5 Å². The van der Waals surface area contributed by atoms with Crippen LogP contribution >= 0.6 is 15.9 Å². The predicted octanol–water partition coefficient (Wildman–Crippen LogP) is 3.88. The third-order valence-electron chi connectivity index (χ3n) is 4.56. The Morgan fingerprint density at radius 1 is 1.28 bits per heavy atom. The van der Waals surface area contributed by atoms with Crippen molar-refractivity contribution >= 4 is 27.9 Å². The summed E-state index contributed by atoms with van der Waals surface area (Å²) in [7, 11) is 0. The molecule has 0 saturated heterocycles. The molecule has 0 unspecified atom stereocenters. The number of carbonyl (C=O) groups is 2. The van der Waals surface area contributed by atoms with Gasteiger partial charge in [0, 0.05) is 18.7 Å². The second-order valence-electron chi connectivity index (χ2n) is 7.89. The van der Waals surface area contributed by atoms with Crippen LogP contribution in [0, 0.1) is 5.82 Å². The summed E-state index contributed by atoms with van der Waals surface area (Å²) in [5.41, 5.74) is 0.865. The molecule has 2 aromatic rings. The smallest absolute Gasteiger partial charge is 0.408 e. The van der Waals surface area contributed by atoms with Gasteiger partial charge in [-0.3, -0.25) is 4.79 Å². The van der Waals surface area contributed by atoms with Crippen LogP contribution in [0.4, 0.5) is 9.18 Å². The minimum absolute atomic E-state index is 0.147. The average molecular weight is 467 g/mol. The Bertz CT molecular complexity index is 921. The van der Waals surface area contributed by atoms with Gasteiger partial charge in [0.05, 0.1) is 6.04 Å². The molecule has 9 heteroatoms. The van der Waals surface area contributed by atoms with E-state index in [4.69, 9.17) is 9.72 Å². The number of ether oxygens (including phenoxy) is 1. The van der Waals surface area contributed by atoms with Crippen molar-refractivity contribution in [2.45, 2.75) is 45.9 Å². The first-order chi connectivity index (χ1) is 13.6. The Morgan fingerprint density at radius 2 is 1.93 bits per heavy atom. The van der Waals surface area contributed by atoms with Gasteiger partial charge in [-0.2, -0.15) is 0 Å². The van der Waals surface area contributed by atoms with Gasteiger partial charge >= 0.3 is 6.09 Å². The molecule has 0 bridgehead atoms. The van der Waals surface area contributed by atoms with E-state index in [0.717, 1.165) is 16.0 Å². The molecule has 0 radical (unpaired) electrons. The maximum absolute atomic E-state index is 13.2. The molecule has 1 N–H and O–H groups in total. The molecule has 1 atom stereocenters. The lowest BCUT2D eigenvalue weighted by atomic mass is 10.2. The highest BCUT2D eigenvalue weighted by Crippen LogP contribution is 2.35. The lowest BCUT2D eigenvalue weighted by Crippen LogP contribution is -2.46. The van der Waals surface area contributed by atoms with E-state index in [1.54, 1.807) is 37.8 Å². The zero-order chi connectivity index (χ0) is 21.3. The second kappa shape index (κ2) is 8.14. The summed E-state index contributed by atoms with van der Waals surface area (Å²) in [5, 5.41) is 2.50. The highest BCUT2D eigenvalue weighted by atomic mass is 79.9. The van der Waals surface area contributed by atoms with E-state index in [-0.39, 0.29) is 24.3 Å². The molecule has 1 aliphatic heterocycles. The molecule has 2 heterocycles. The van der Waals surface area contributed by atoms with Crippen LogP contribution in [0.5, 0.6) is 0 Å². The number of hydrogen-bond acceptors (Lipinski definition) is 4. The van der Waals surface area contributed by atoms with Crippen LogP contribution in [-0.2, 0) is 16.1 Å². The van der Waals surface area contributed by atoms with E-state index in [1.807, 2.05) is 11.5 Å². The molecule has 1 aromatic heterocycles. The van der Waals surface area contributed by atoms with Gasteiger partial charge in [0.25, 0.3) is 0 Å². The van der Waals surface area contributed by atoms with Crippen molar-refractivity contribution in [2.75, 3.05) is 13.1 Å². The Kier molecular flexibility index (Phi) is 5.97. The van der Waals surface area contributed by atoms with Crippen LogP contribution in [0.3, 0.4) is 0 Å². The number of fused-ring (bicyclic) bond motifs is 1. The standard InChI is InChI=1S/C20H24BrFN4O3/c1-12-18-24-16(13-5-7-14(22)8-6-13)17(21)26(18)10-9-25(12)15(27)11-23-19(28)29-20(2,3)4/h5-8,12H,9-11H2,1-4H3,(H,23,28)/t12-/m1/s1. The quantitative estimate of drug-likeness (QED) is 0.744. The lowest BCUT2D eigenvalue weighted by molar-refractivity contribution is -0.133. The third kappa shape index (κ3) is 4.77. The first-order valence-electron chi connectivity index (χ1n) is 9.35. The molecule has 0 fully saturated rings. The van der Waals surface area contributed by atoms with Crippen LogP contribution < -0.4 is 5.32 Å². The number of imidazole rings is 1. The first kappa shape index (κ1) is 21.3. The largest absolute Gasteiger partial charge is 0.444 e. The van der Waals surface area contributed by atoms with Gasteiger partial charge < -0.3 is 19.5 Å². The third-order valence-corrected chi connectivity index (χ3v) is 5.37. The minimum Gasteiger partial charge on any atom is -0.444 e. The molecule has 0 saturated carbocycles. The van der Waals surface area contributed by atoms with Gasteiger partial charge in [0.2, 0.25) is 5.91 Å². The normalized spacial score (nSPS) is 16.3. The second-order valence-corrected chi connectivity index (χ2v) is 8.64. The van der Waals surface area contributed by atoms with E-state index in [1.165, 1.54) is 12.1 Å². The number of carbonyl (C=O) groups excluding carboxylic acids is 2. The molecule has 7 nitrogen and oxygen atoms in total. The lowest BCUT2D eigenvalue weighted by Gasteiger charge is -2.34. The topological polar surface area (TPSA) is 76.5 Å². The van der Waals surface area contributed by atoms with Crippen molar-refractivity contribution in [1.82, 2.24) is 19.8 Å². The van der Waals surface area contributed by atoms with E-state index in [2.05, 4.69) is 21.2 Å². The Labute approximate surface area is 177 Å². The molecule has 0 spiro atoms. The van der Waals surface area contributed by atoms with E-state index < -0.39 is 11.7 Å². The van der Waals surface area contributed by atoms with Crippen LogP contribution in [0.2, 0.25) is 0 Å². The number of nitrogens with zero attached hydrogens (tertiary/aromatic N) is 3. The van der Waals surface area contributed by atoms with Crippen molar-refractivity contribution in [3.8, 4) is 11.3 Å². The number of alkyl carbamates (subject to hydrolysis) is 1. The highest BCUT2D eigenvalue weighted by molar-refractivity contribution is 9.10. The molecular weight excluding hydrogens is 443 g/mol. The molecule has 1 aliphatic rings. The number of nitrogens with one attached hydrogen (secondary N) is 1.